The quantitative estimate of drug-likeness (QED) is 0.743. The third-order valence-electron chi connectivity index (χ3n) is 2.18. The van der Waals surface area contributed by atoms with Crippen LogP contribution in [0, 0.1) is 5.82 Å². The van der Waals surface area contributed by atoms with Gasteiger partial charge in [-0.1, -0.05) is 0 Å². The maximum absolute atomic E-state index is 13.2. The van der Waals surface area contributed by atoms with Gasteiger partial charge in [0.25, 0.3) is 0 Å². The lowest BCUT2D eigenvalue weighted by Gasteiger charge is -2.08. The maximum Gasteiger partial charge on any atom is 0.431 e. The van der Waals surface area contributed by atoms with Crippen LogP contribution in [0.2, 0.25) is 0 Å². The normalized spacial score (nSPS) is 12.1. The van der Waals surface area contributed by atoms with Crippen LogP contribution in [0.4, 0.5) is 17.6 Å². The average Bonchev–Trinajstić information content (AvgIpc) is 2.19. The van der Waals surface area contributed by atoms with Crippen LogP contribution in [0.25, 0.3) is 10.9 Å². The number of pyridine rings is 1. The number of H-pyrrole nitrogens is 1. The summed E-state index contributed by atoms with van der Waals surface area (Å²) in [5.41, 5.74) is -2.20. The van der Waals surface area contributed by atoms with Crippen molar-refractivity contribution in [2.24, 2.45) is 0 Å². The molecule has 2 nitrogen and oxygen atoms in total. The summed E-state index contributed by atoms with van der Waals surface area (Å²) in [7, 11) is 0. The molecule has 0 saturated heterocycles. The van der Waals surface area contributed by atoms with Gasteiger partial charge in [-0.2, -0.15) is 13.2 Å². The number of fused-ring (bicyclic) bond motifs is 1. The summed E-state index contributed by atoms with van der Waals surface area (Å²) in [6, 6.07) is 2.44. The van der Waals surface area contributed by atoms with E-state index < -0.39 is 23.1 Å². The number of halogens is 5. The first kappa shape index (κ1) is 12.1. The van der Waals surface area contributed by atoms with Crippen LogP contribution in [0.1, 0.15) is 5.69 Å². The second kappa shape index (κ2) is 3.83. The molecule has 17 heavy (non-hydrogen) atoms. The Morgan fingerprint density at radius 2 is 1.82 bits per heavy atom. The number of hydrogen-bond donors (Lipinski definition) is 1. The molecule has 0 aliphatic heterocycles. The number of aromatic amines is 1. The number of hydrogen-bond acceptors (Lipinski definition) is 1. The molecule has 0 atom stereocenters. The van der Waals surface area contributed by atoms with Gasteiger partial charge in [0.1, 0.15) is 11.5 Å². The van der Waals surface area contributed by atoms with Gasteiger partial charge in [0.2, 0.25) is 0 Å². The van der Waals surface area contributed by atoms with Crippen molar-refractivity contribution in [3.8, 4) is 0 Å². The fourth-order valence-corrected chi connectivity index (χ4v) is 1.74. The lowest BCUT2D eigenvalue weighted by atomic mass is 10.2. The Morgan fingerprint density at radius 3 is 2.41 bits per heavy atom. The molecule has 90 valence electrons. The zero-order valence-corrected chi connectivity index (χ0v) is 9.62. The molecule has 1 N–H and O–H groups in total. The Morgan fingerprint density at radius 1 is 1.18 bits per heavy atom. The van der Waals surface area contributed by atoms with E-state index in [1.165, 1.54) is 0 Å². The van der Waals surface area contributed by atoms with Crippen molar-refractivity contribution < 1.29 is 17.6 Å². The van der Waals surface area contributed by atoms with E-state index in [1.54, 1.807) is 0 Å². The lowest BCUT2D eigenvalue weighted by molar-refractivity contribution is -0.141. The predicted octanol–water partition coefficient (Wildman–Crippen LogP) is 3.45. The van der Waals surface area contributed by atoms with E-state index in [9.17, 15) is 22.4 Å². The van der Waals surface area contributed by atoms with Crippen molar-refractivity contribution in [1.29, 1.82) is 0 Å². The van der Waals surface area contributed by atoms with Crippen LogP contribution in [0.3, 0.4) is 0 Å². The largest absolute Gasteiger partial charge is 0.431 e. The molecule has 0 amide bonds. The SMILES string of the molecule is O=c1cc(C(F)(F)F)[nH]c2cc(F)c(Br)cc12. The van der Waals surface area contributed by atoms with Crippen LogP contribution in [-0.2, 0) is 6.18 Å². The van der Waals surface area contributed by atoms with Crippen LogP contribution in [0.5, 0.6) is 0 Å². The first-order chi connectivity index (χ1) is 7.79. The van der Waals surface area contributed by atoms with Gasteiger partial charge in [0.05, 0.1) is 9.99 Å². The van der Waals surface area contributed by atoms with E-state index in [1.807, 2.05) is 4.98 Å². The van der Waals surface area contributed by atoms with Crippen LogP contribution in [0.15, 0.2) is 27.5 Å². The molecular weight excluding hydrogens is 306 g/mol. The molecule has 0 radical (unpaired) electrons. The smallest absolute Gasteiger partial charge is 0.351 e. The molecular formula is C10H4BrF4NO. The van der Waals surface area contributed by atoms with E-state index in [0.717, 1.165) is 12.1 Å². The first-order valence-electron chi connectivity index (χ1n) is 4.38. The minimum atomic E-state index is -4.67. The fraction of sp³-hybridized carbons (Fsp3) is 0.100. The number of aromatic nitrogens is 1. The monoisotopic (exact) mass is 309 g/mol. The van der Waals surface area contributed by atoms with Gasteiger partial charge < -0.3 is 4.98 Å². The van der Waals surface area contributed by atoms with E-state index in [-0.39, 0.29) is 15.4 Å². The van der Waals surface area contributed by atoms with Crippen molar-refractivity contribution in [1.82, 2.24) is 4.98 Å². The second-order valence-corrected chi connectivity index (χ2v) is 4.21. The average molecular weight is 310 g/mol. The highest BCUT2D eigenvalue weighted by atomic mass is 79.9. The first-order valence-corrected chi connectivity index (χ1v) is 5.17. The molecule has 1 heterocycles. The molecule has 7 heteroatoms. The Kier molecular flexibility index (Phi) is 2.73. The van der Waals surface area contributed by atoms with Crippen LogP contribution >= 0.6 is 15.9 Å². The third-order valence-corrected chi connectivity index (χ3v) is 2.78. The summed E-state index contributed by atoms with van der Waals surface area (Å²) < 4.78 is 50.4. The second-order valence-electron chi connectivity index (χ2n) is 3.36. The molecule has 1 aromatic heterocycles. The van der Waals surface area contributed by atoms with Crippen molar-refractivity contribution in [2.75, 3.05) is 0 Å². The van der Waals surface area contributed by atoms with Gasteiger partial charge in [0.15, 0.2) is 5.43 Å². The molecule has 0 aliphatic carbocycles. The van der Waals surface area contributed by atoms with E-state index >= 15 is 0 Å². The molecule has 0 saturated carbocycles. The van der Waals surface area contributed by atoms with Crippen LogP contribution < -0.4 is 5.43 Å². The predicted molar refractivity (Wildman–Crippen MR) is 57.2 cm³/mol. The lowest BCUT2D eigenvalue weighted by Crippen LogP contribution is -2.14. The number of benzene rings is 1. The van der Waals surface area contributed by atoms with Gasteiger partial charge in [0, 0.05) is 11.5 Å². The summed E-state index contributed by atoms with van der Waals surface area (Å²) in [6.07, 6.45) is -4.67. The molecule has 0 fully saturated rings. The highest BCUT2D eigenvalue weighted by Crippen LogP contribution is 2.28. The highest BCUT2D eigenvalue weighted by Gasteiger charge is 2.32. The van der Waals surface area contributed by atoms with E-state index in [0.29, 0.717) is 6.07 Å². The minimum absolute atomic E-state index is 0.00808. The van der Waals surface area contributed by atoms with Crippen LogP contribution in [-0.4, -0.2) is 4.98 Å². The molecule has 2 rings (SSSR count). The van der Waals surface area contributed by atoms with Gasteiger partial charge in [-0.3, -0.25) is 4.79 Å². The van der Waals surface area contributed by atoms with Crippen molar-refractivity contribution in [3.63, 3.8) is 0 Å². The Labute approximate surface area is 100 Å². The summed E-state index contributed by atoms with van der Waals surface area (Å²) in [4.78, 5) is 13.4. The standard InChI is InChI=1S/C10H4BrF4NO/c11-5-1-4-7(2-6(5)12)16-9(3-8(4)17)10(13,14)15/h1-3H,(H,16,17). The van der Waals surface area contributed by atoms with Gasteiger partial charge in [-0.15, -0.1) is 0 Å². The minimum Gasteiger partial charge on any atom is -0.351 e. The molecule has 0 spiro atoms. The van der Waals surface area contributed by atoms with Crippen molar-refractivity contribution >= 4 is 26.8 Å². The summed E-state index contributed by atoms with van der Waals surface area (Å²) >= 11 is 2.86. The van der Waals surface area contributed by atoms with Gasteiger partial charge in [-0.05, 0) is 28.1 Å². The molecule has 1 aromatic carbocycles. The van der Waals surface area contributed by atoms with E-state index in [2.05, 4.69) is 15.9 Å². The van der Waals surface area contributed by atoms with Crippen molar-refractivity contribution in [2.45, 2.75) is 6.18 Å². The Hall–Kier alpha value is -1.37. The molecule has 2 aromatic rings. The molecule has 0 bridgehead atoms. The zero-order valence-electron chi connectivity index (χ0n) is 8.03. The molecule has 0 aliphatic rings. The van der Waals surface area contributed by atoms with Gasteiger partial charge in [-0.25, -0.2) is 4.39 Å². The third kappa shape index (κ3) is 2.19. The molecule has 0 unspecified atom stereocenters. The van der Waals surface area contributed by atoms with Gasteiger partial charge >= 0.3 is 6.18 Å². The number of nitrogens with one attached hydrogen (secondary N) is 1. The van der Waals surface area contributed by atoms with Crippen molar-refractivity contribution in [3.05, 3.63) is 44.4 Å². The zero-order chi connectivity index (χ0) is 12.8. The van der Waals surface area contributed by atoms with E-state index in [4.69, 9.17) is 0 Å². The number of alkyl halides is 3. The Bertz CT molecular complexity index is 647. The summed E-state index contributed by atoms with van der Waals surface area (Å²) in [6.45, 7) is 0. The fourth-order valence-electron chi connectivity index (χ4n) is 1.40. The Balaban J connectivity index is 2.83. The number of rotatable bonds is 0. The topological polar surface area (TPSA) is 32.9 Å². The maximum atomic E-state index is 13.2. The summed E-state index contributed by atoms with van der Waals surface area (Å²) in [5, 5.41) is -0.00808. The highest BCUT2D eigenvalue weighted by molar-refractivity contribution is 9.10. The summed E-state index contributed by atoms with van der Waals surface area (Å²) in [5.74, 6) is -0.743.